The van der Waals surface area contributed by atoms with Crippen molar-refractivity contribution < 1.29 is 17.9 Å². The third-order valence-corrected chi connectivity index (χ3v) is 6.93. The van der Waals surface area contributed by atoms with Gasteiger partial charge in [0, 0.05) is 38.8 Å². The molecule has 1 saturated heterocycles. The molecule has 0 bridgehead atoms. The van der Waals surface area contributed by atoms with Crippen molar-refractivity contribution in [2.75, 3.05) is 32.8 Å². The first-order valence-electron chi connectivity index (χ1n) is 9.48. The first-order chi connectivity index (χ1) is 12.6. The average Bonchev–Trinajstić information content (AvgIpc) is 3.49. The minimum atomic E-state index is -3.46. The van der Waals surface area contributed by atoms with Crippen LogP contribution in [-0.2, 0) is 19.6 Å². The molecule has 144 valence electrons. The molecule has 3 rings (SSSR count). The number of carbonyl (C=O) groups excluding carboxylic acids is 1. The van der Waals surface area contributed by atoms with Crippen LogP contribution in [0.4, 0.5) is 0 Å². The summed E-state index contributed by atoms with van der Waals surface area (Å²) in [5.41, 5.74) is 0. The molecule has 7 heteroatoms. The number of nitrogens with one attached hydrogen (secondary N) is 1. The van der Waals surface area contributed by atoms with Crippen LogP contribution in [0.2, 0.25) is 0 Å². The van der Waals surface area contributed by atoms with Crippen molar-refractivity contribution in [2.45, 2.75) is 37.0 Å². The van der Waals surface area contributed by atoms with Gasteiger partial charge in [-0.25, -0.2) is 8.42 Å². The van der Waals surface area contributed by atoms with Crippen LogP contribution in [0.1, 0.15) is 32.1 Å². The molecule has 6 nitrogen and oxygen atoms in total. The number of nitrogens with zero attached hydrogens (tertiary/aromatic N) is 1. The van der Waals surface area contributed by atoms with Crippen molar-refractivity contribution in [1.29, 1.82) is 0 Å². The Kier molecular flexibility index (Phi) is 6.67. The van der Waals surface area contributed by atoms with Gasteiger partial charge >= 0.3 is 0 Å². The third kappa shape index (κ3) is 5.28. The summed E-state index contributed by atoms with van der Waals surface area (Å²) in [4.78, 5) is 12.6. The first kappa shape index (κ1) is 19.3. The molecule has 1 heterocycles. The summed E-state index contributed by atoms with van der Waals surface area (Å²) in [6.45, 7) is 2.93. The Hall–Kier alpha value is -1.44. The second kappa shape index (κ2) is 8.97. The van der Waals surface area contributed by atoms with Gasteiger partial charge in [0.15, 0.2) is 0 Å². The van der Waals surface area contributed by atoms with Gasteiger partial charge in [0.1, 0.15) is 0 Å². The third-order valence-electron chi connectivity index (χ3n) is 5.02. The molecular weight excluding hydrogens is 352 g/mol. The summed E-state index contributed by atoms with van der Waals surface area (Å²) in [6.07, 6.45) is 4.52. The average molecular weight is 381 g/mol. The standard InChI is InChI=1S/C19H28N2O4S/c22-19(20-11-4-14-25-15-16-7-8-16)17-9-12-21(13-10-17)26(23,24)18-5-2-1-3-6-18/h1-3,5-6,16-17H,4,7-15H2,(H,20,22). The molecule has 0 unspecified atom stereocenters. The Labute approximate surface area is 156 Å². The van der Waals surface area contributed by atoms with Crippen LogP contribution in [0, 0.1) is 11.8 Å². The maximum Gasteiger partial charge on any atom is 0.243 e. The number of hydrogen-bond acceptors (Lipinski definition) is 4. The van der Waals surface area contributed by atoms with E-state index in [1.807, 2.05) is 0 Å². The maximum atomic E-state index is 12.6. The summed E-state index contributed by atoms with van der Waals surface area (Å²) in [5.74, 6) is 0.690. The highest BCUT2D eigenvalue weighted by Gasteiger charge is 2.31. The minimum absolute atomic E-state index is 0.0314. The zero-order chi connectivity index (χ0) is 18.4. The van der Waals surface area contributed by atoms with Crippen molar-refractivity contribution in [3.8, 4) is 0 Å². The highest BCUT2D eigenvalue weighted by molar-refractivity contribution is 7.89. The van der Waals surface area contributed by atoms with Gasteiger partial charge in [0.25, 0.3) is 0 Å². The fourth-order valence-corrected chi connectivity index (χ4v) is 4.66. The van der Waals surface area contributed by atoms with E-state index in [9.17, 15) is 13.2 Å². The summed E-state index contributed by atoms with van der Waals surface area (Å²) < 4.78 is 32.2. The molecule has 1 aliphatic carbocycles. The quantitative estimate of drug-likeness (QED) is 0.665. The monoisotopic (exact) mass is 380 g/mol. The summed E-state index contributed by atoms with van der Waals surface area (Å²) >= 11 is 0. The number of benzene rings is 1. The van der Waals surface area contributed by atoms with E-state index < -0.39 is 10.0 Å². The molecule has 1 aliphatic heterocycles. The van der Waals surface area contributed by atoms with Crippen molar-refractivity contribution in [3.05, 3.63) is 30.3 Å². The molecule has 26 heavy (non-hydrogen) atoms. The van der Waals surface area contributed by atoms with Gasteiger partial charge < -0.3 is 10.1 Å². The lowest BCUT2D eigenvalue weighted by atomic mass is 9.97. The van der Waals surface area contributed by atoms with Gasteiger partial charge in [-0.15, -0.1) is 0 Å². The van der Waals surface area contributed by atoms with E-state index in [4.69, 9.17) is 4.74 Å². The highest BCUT2D eigenvalue weighted by atomic mass is 32.2. The van der Waals surface area contributed by atoms with Gasteiger partial charge in [0.05, 0.1) is 4.90 Å². The minimum Gasteiger partial charge on any atom is -0.381 e. The van der Waals surface area contributed by atoms with Gasteiger partial charge in [-0.3, -0.25) is 4.79 Å². The normalized spacial score (nSPS) is 19.4. The molecule has 2 fully saturated rings. The van der Waals surface area contributed by atoms with E-state index >= 15 is 0 Å². The molecule has 1 aromatic carbocycles. The molecule has 1 saturated carbocycles. The SMILES string of the molecule is O=C(NCCCOCC1CC1)C1CCN(S(=O)(=O)c2ccccc2)CC1. The van der Waals surface area contributed by atoms with Crippen LogP contribution in [-0.4, -0.2) is 51.5 Å². The van der Waals surface area contributed by atoms with Crippen molar-refractivity contribution in [1.82, 2.24) is 9.62 Å². The van der Waals surface area contributed by atoms with E-state index in [1.165, 1.54) is 17.1 Å². The largest absolute Gasteiger partial charge is 0.381 e. The zero-order valence-corrected chi connectivity index (χ0v) is 15.9. The Morgan fingerprint density at radius 1 is 1.12 bits per heavy atom. The molecule has 0 atom stereocenters. The van der Waals surface area contributed by atoms with E-state index in [1.54, 1.807) is 30.3 Å². The van der Waals surface area contributed by atoms with Gasteiger partial charge in [0.2, 0.25) is 15.9 Å². The smallest absolute Gasteiger partial charge is 0.243 e. The van der Waals surface area contributed by atoms with Gasteiger partial charge in [-0.1, -0.05) is 18.2 Å². The molecule has 1 amide bonds. The van der Waals surface area contributed by atoms with Crippen LogP contribution in [0.5, 0.6) is 0 Å². The molecule has 0 radical (unpaired) electrons. The lowest BCUT2D eigenvalue weighted by molar-refractivity contribution is -0.126. The van der Waals surface area contributed by atoms with Crippen LogP contribution in [0.25, 0.3) is 0 Å². The van der Waals surface area contributed by atoms with Crippen LogP contribution >= 0.6 is 0 Å². The van der Waals surface area contributed by atoms with Crippen molar-refractivity contribution in [3.63, 3.8) is 0 Å². The Balaban J connectivity index is 1.36. The second-order valence-electron chi connectivity index (χ2n) is 7.15. The molecule has 1 aromatic rings. The number of ether oxygens (including phenoxy) is 1. The number of piperidine rings is 1. The fraction of sp³-hybridized carbons (Fsp3) is 0.632. The van der Waals surface area contributed by atoms with E-state index in [2.05, 4.69) is 5.32 Å². The molecule has 1 N–H and O–H groups in total. The number of rotatable bonds is 9. The zero-order valence-electron chi connectivity index (χ0n) is 15.1. The number of hydrogen-bond donors (Lipinski definition) is 1. The molecule has 0 aromatic heterocycles. The van der Waals surface area contributed by atoms with Gasteiger partial charge in [-0.05, 0) is 50.2 Å². The molecule has 2 aliphatic rings. The predicted molar refractivity (Wildman–Crippen MR) is 99.1 cm³/mol. The number of sulfonamides is 1. The maximum absolute atomic E-state index is 12.6. The summed E-state index contributed by atoms with van der Waals surface area (Å²) in [6, 6.07) is 8.47. The Morgan fingerprint density at radius 3 is 2.46 bits per heavy atom. The number of amides is 1. The number of carbonyl (C=O) groups is 1. The summed E-state index contributed by atoms with van der Waals surface area (Å²) in [5, 5.41) is 2.95. The van der Waals surface area contributed by atoms with Crippen LogP contribution in [0.3, 0.4) is 0 Å². The lowest BCUT2D eigenvalue weighted by Gasteiger charge is -2.30. The van der Waals surface area contributed by atoms with E-state index in [-0.39, 0.29) is 11.8 Å². The summed E-state index contributed by atoms with van der Waals surface area (Å²) in [7, 11) is -3.46. The van der Waals surface area contributed by atoms with Crippen molar-refractivity contribution >= 4 is 15.9 Å². The van der Waals surface area contributed by atoms with Crippen LogP contribution < -0.4 is 5.32 Å². The fourth-order valence-electron chi connectivity index (χ4n) is 3.16. The Bertz CT molecular complexity index is 681. The lowest BCUT2D eigenvalue weighted by Crippen LogP contribution is -2.43. The van der Waals surface area contributed by atoms with Gasteiger partial charge in [-0.2, -0.15) is 4.31 Å². The van der Waals surface area contributed by atoms with E-state index in [0.717, 1.165) is 18.9 Å². The topological polar surface area (TPSA) is 75.7 Å². The first-order valence-corrected chi connectivity index (χ1v) is 10.9. The predicted octanol–water partition coefficient (Wildman–Crippen LogP) is 2.02. The van der Waals surface area contributed by atoms with Crippen LogP contribution in [0.15, 0.2) is 35.2 Å². The second-order valence-corrected chi connectivity index (χ2v) is 9.09. The van der Waals surface area contributed by atoms with E-state index in [0.29, 0.717) is 44.0 Å². The highest BCUT2D eigenvalue weighted by Crippen LogP contribution is 2.28. The molecule has 0 spiro atoms. The molecular formula is C19H28N2O4S. The Morgan fingerprint density at radius 2 is 1.81 bits per heavy atom. The van der Waals surface area contributed by atoms with Crippen molar-refractivity contribution in [2.24, 2.45) is 11.8 Å².